The summed E-state index contributed by atoms with van der Waals surface area (Å²) in [5.41, 5.74) is 5.52. The molecule has 3 N–H and O–H groups in total. The van der Waals surface area contributed by atoms with Crippen LogP contribution in [0.2, 0.25) is 0 Å². The van der Waals surface area contributed by atoms with Crippen molar-refractivity contribution in [2.75, 3.05) is 18.8 Å². The molecule has 4 nitrogen and oxygen atoms in total. The Balaban J connectivity index is 2.55. The van der Waals surface area contributed by atoms with Crippen LogP contribution in [0.15, 0.2) is 5.16 Å². The second-order valence-electron chi connectivity index (χ2n) is 3.80. The highest BCUT2D eigenvalue weighted by Crippen LogP contribution is 2.30. The maximum atomic E-state index is 8.52. The smallest absolute Gasteiger partial charge is 0.233 e. The van der Waals surface area contributed by atoms with Gasteiger partial charge in [-0.05, 0) is 6.42 Å². The molecule has 1 rings (SSSR count). The van der Waals surface area contributed by atoms with Crippen LogP contribution in [0, 0.1) is 0 Å². The first-order valence-electron chi connectivity index (χ1n) is 4.41. The molecule has 13 heavy (non-hydrogen) atoms. The average Bonchev–Trinajstić information content (AvgIpc) is 2.25. The van der Waals surface area contributed by atoms with E-state index in [0.717, 1.165) is 25.3 Å². The zero-order valence-corrected chi connectivity index (χ0v) is 8.97. The first-order valence-corrected chi connectivity index (χ1v) is 5.40. The van der Waals surface area contributed by atoms with Crippen LogP contribution >= 0.6 is 11.8 Å². The van der Waals surface area contributed by atoms with Crippen LogP contribution in [0.1, 0.15) is 20.3 Å². The third kappa shape index (κ3) is 2.99. The van der Waals surface area contributed by atoms with Gasteiger partial charge in [0.25, 0.3) is 0 Å². The quantitative estimate of drug-likeness (QED) is 0.266. The summed E-state index contributed by atoms with van der Waals surface area (Å²) in [4.78, 5) is 1.92. The van der Waals surface area contributed by atoms with Gasteiger partial charge in [-0.2, -0.15) is 11.8 Å². The van der Waals surface area contributed by atoms with Crippen molar-refractivity contribution >= 4 is 17.7 Å². The van der Waals surface area contributed by atoms with Crippen LogP contribution in [0.5, 0.6) is 0 Å². The zero-order valence-electron chi connectivity index (χ0n) is 8.16. The van der Waals surface area contributed by atoms with Crippen LogP contribution < -0.4 is 5.73 Å². The molecule has 0 aromatic rings. The van der Waals surface area contributed by atoms with E-state index in [1.807, 2.05) is 16.7 Å². The molecule has 0 atom stereocenters. The summed E-state index contributed by atoms with van der Waals surface area (Å²) in [6, 6.07) is 0. The number of nitrogens with two attached hydrogens (primary N) is 1. The van der Waals surface area contributed by atoms with E-state index in [0.29, 0.717) is 4.75 Å². The molecule has 1 saturated heterocycles. The van der Waals surface area contributed by atoms with E-state index < -0.39 is 0 Å². The number of guanidine groups is 1. The third-order valence-corrected chi connectivity index (χ3v) is 3.64. The fraction of sp³-hybridized carbons (Fsp3) is 0.875. The van der Waals surface area contributed by atoms with E-state index in [2.05, 4.69) is 19.0 Å². The Morgan fingerprint density at radius 2 is 2.23 bits per heavy atom. The first-order chi connectivity index (χ1) is 6.05. The van der Waals surface area contributed by atoms with Gasteiger partial charge >= 0.3 is 0 Å². The minimum Gasteiger partial charge on any atom is -0.408 e. The van der Waals surface area contributed by atoms with Crippen molar-refractivity contribution in [1.82, 2.24) is 4.90 Å². The van der Waals surface area contributed by atoms with Gasteiger partial charge in [-0.3, -0.25) is 0 Å². The van der Waals surface area contributed by atoms with Gasteiger partial charge in [-0.1, -0.05) is 19.0 Å². The maximum absolute atomic E-state index is 8.52. The monoisotopic (exact) mass is 203 g/mol. The lowest BCUT2D eigenvalue weighted by Gasteiger charge is -2.22. The molecule has 0 aromatic carbocycles. The van der Waals surface area contributed by atoms with E-state index >= 15 is 0 Å². The molecule has 1 fully saturated rings. The Morgan fingerprint density at radius 3 is 2.85 bits per heavy atom. The van der Waals surface area contributed by atoms with E-state index in [1.165, 1.54) is 0 Å². The largest absolute Gasteiger partial charge is 0.408 e. The van der Waals surface area contributed by atoms with E-state index in [1.54, 1.807) is 0 Å². The molecule has 0 radical (unpaired) electrons. The van der Waals surface area contributed by atoms with E-state index in [-0.39, 0.29) is 5.96 Å². The lowest BCUT2D eigenvalue weighted by atomic mass is 10.1. The standard InChI is InChI=1S/C8H17N3OS/c1-8(2)3-4-11(5-6-13-8)7(9)10-12/h12H,3-6H2,1-2H3,(H2,9,10). The predicted molar refractivity (Wildman–Crippen MR) is 56.1 cm³/mol. The molecule has 0 aromatic heterocycles. The second-order valence-corrected chi connectivity index (χ2v) is 5.61. The minimum absolute atomic E-state index is 0.235. The maximum Gasteiger partial charge on any atom is 0.233 e. The summed E-state index contributed by atoms with van der Waals surface area (Å²) in [5, 5.41) is 11.5. The summed E-state index contributed by atoms with van der Waals surface area (Å²) >= 11 is 1.94. The molecule has 0 bridgehead atoms. The molecular weight excluding hydrogens is 186 g/mol. The van der Waals surface area contributed by atoms with E-state index in [9.17, 15) is 0 Å². The van der Waals surface area contributed by atoms with Crippen molar-refractivity contribution in [3.8, 4) is 0 Å². The van der Waals surface area contributed by atoms with Crippen LogP contribution in [0.25, 0.3) is 0 Å². The van der Waals surface area contributed by atoms with Crippen LogP contribution in [-0.2, 0) is 0 Å². The summed E-state index contributed by atoms with van der Waals surface area (Å²) in [6.45, 7) is 6.20. The Kier molecular flexibility index (Phi) is 3.30. The SMILES string of the molecule is CC1(C)CCN(/C(N)=N/O)CCS1. The normalized spacial score (nSPS) is 24.2. The van der Waals surface area contributed by atoms with Crippen LogP contribution in [0.3, 0.4) is 0 Å². The van der Waals surface area contributed by atoms with Gasteiger partial charge in [0.05, 0.1) is 0 Å². The summed E-state index contributed by atoms with van der Waals surface area (Å²) in [5.74, 6) is 1.27. The van der Waals surface area contributed by atoms with Gasteiger partial charge in [0.2, 0.25) is 5.96 Å². The average molecular weight is 203 g/mol. The molecule has 0 aliphatic carbocycles. The highest BCUT2D eigenvalue weighted by atomic mass is 32.2. The molecule has 0 saturated carbocycles. The van der Waals surface area contributed by atoms with Crippen molar-refractivity contribution < 1.29 is 5.21 Å². The molecule has 0 amide bonds. The summed E-state index contributed by atoms with van der Waals surface area (Å²) < 4.78 is 0.310. The lowest BCUT2D eigenvalue weighted by molar-refractivity contribution is 0.298. The third-order valence-electron chi connectivity index (χ3n) is 2.26. The molecule has 1 heterocycles. The number of nitrogens with zero attached hydrogens (tertiary/aromatic N) is 2. The molecule has 0 spiro atoms. The molecule has 1 aliphatic heterocycles. The Hall–Kier alpha value is -0.580. The van der Waals surface area contributed by atoms with Gasteiger partial charge in [0.15, 0.2) is 0 Å². The van der Waals surface area contributed by atoms with Gasteiger partial charge in [-0.25, -0.2) is 0 Å². The first kappa shape index (κ1) is 10.5. The summed E-state index contributed by atoms with van der Waals surface area (Å²) in [6.07, 6.45) is 1.06. The Labute approximate surface area is 83.2 Å². The van der Waals surface area contributed by atoms with E-state index in [4.69, 9.17) is 10.9 Å². The second kappa shape index (κ2) is 4.09. The number of thioether (sulfide) groups is 1. The Morgan fingerprint density at radius 1 is 1.54 bits per heavy atom. The molecule has 0 unspecified atom stereocenters. The highest BCUT2D eigenvalue weighted by Gasteiger charge is 2.24. The van der Waals surface area contributed by atoms with Crippen molar-refractivity contribution in [2.45, 2.75) is 25.0 Å². The fourth-order valence-electron chi connectivity index (χ4n) is 1.31. The van der Waals surface area contributed by atoms with Crippen LogP contribution in [0.4, 0.5) is 0 Å². The van der Waals surface area contributed by atoms with Crippen molar-refractivity contribution in [3.05, 3.63) is 0 Å². The lowest BCUT2D eigenvalue weighted by Crippen LogP contribution is -2.39. The predicted octanol–water partition coefficient (Wildman–Crippen LogP) is 0.908. The number of hydrogen-bond donors (Lipinski definition) is 2. The number of oxime groups is 1. The van der Waals surface area contributed by atoms with Gasteiger partial charge in [0.1, 0.15) is 0 Å². The van der Waals surface area contributed by atoms with Gasteiger partial charge < -0.3 is 15.8 Å². The molecule has 76 valence electrons. The highest BCUT2D eigenvalue weighted by molar-refractivity contribution is 8.00. The number of hydrogen-bond acceptors (Lipinski definition) is 3. The topological polar surface area (TPSA) is 61.8 Å². The molecular formula is C8H17N3OS. The number of rotatable bonds is 0. The summed E-state index contributed by atoms with van der Waals surface area (Å²) in [7, 11) is 0. The van der Waals surface area contributed by atoms with Crippen LogP contribution in [-0.4, -0.2) is 39.7 Å². The Bertz CT molecular complexity index is 206. The van der Waals surface area contributed by atoms with Crippen molar-refractivity contribution in [2.24, 2.45) is 10.9 Å². The molecule has 5 heteroatoms. The molecule has 1 aliphatic rings. The van der Waals surface area contributed by atoms with Crippen molar-refractivity contribution in [1.29, 1.82) is 0 Å². The minimum atomic E-state index is 0.235. The fourth-order valence-corrected chi connectivity index (χ4v) is 2.41. The van der Waals surface area contributed by atoms with Gasteiger partial charge in [0, 0.05) is 23.6 Å². The zero-order chi connectivity index (χ0) is 9.90. The van der Waals surface area contributed by atoms with Crippen molar-refractivity contribution in [3.63, 3.8) is 0 Å². The van der Waals surface area contributed by atoms with Gasteiger partial charge in [-0.15, -0.1) is 0 Å².